The van der Waals surface area contributed by atoms with Gasteiger partial charge < -0.3 is 5.73 Å². The van der Waals surface area contributed by atoms with Gasteiger partial charge in [0.25, 0.3) is 0 Å². The second kappa shape index (κ2) is 2.53. The summed E-state index contributed by atoms with van der Waals surface area (Å²) in [5, 5.41) is 0.471. The van der Waals surface area contributed by atoms with Crippen LogP contribution in [0, 0.1) is 5.82 Å². The molecule has 0 aliphatic rings. The first-order chi connectivity index (χ1) is 5.68. The maximum atomic E-state index is 13.0. The summed E-state index contributed by atoms with van der Waals surface area (Å²) in [5.74, 6) is -0.441. The predicted molar refractivity (Wildman–Crippen MR) is 46.8 cm³/mol. The minimum atomic E-state index is -0.441. The number of nitrogens with zero attached hydrogens (tertiary/aromatic N) is 2. The third kappa shape index (κ3) is 1.02. The van der Waals surface area contributed by atoms with Gasteiger partial charge in [0.2, 0.25) is 0 Å². The molecular formula is C6H3ClFN3S. The molecule has 0 fully saturated rings. The number of hydrogen-bond acceptors (Lipinski definition) is 4. The van der Waals surface area contributed by atoms with Crippen LogP contribution in [0.1, 0.15) is 0 Å². The summed E-state index contributed by atoms with van der Waals surface area (Å²) >= 11 is 6.71. The van der Waals surface area contributed by atoms with Crippen LogP contribution in [-0.4, -0.2) is 9.97 Å². The third-order valence-corrected chi connectivity index (χ3v) is 2.52. The van der Waals surface area contributed by atoms with E-state index in [0.717, 1.165) is 17.5 Å². The lowest BCUT2D eigenvalue weighted by molar-refractivity contribution is 0.635. The zero-order valence-electron chi connectivity index (χ0n) is 5.71. The first kappa shape index (κ1) is 7.70. The maximum absolute atomic E-state index is 13.0. The van der Waals surface area contributed by atoms with Gasteiger partial charge in [-0.1, -0.05) is 22.9 Å². The molecule has 0 saturated carbocycles. The Hall–Kier alpha value is -0.940. The van der Waals surface area contributed by atoms with Gasteiger partial charge in [0.05, 0.1) is 10.9 Å². The standard InChI is InChI=1S/C6H3ClFN3S/c7-5-3-4(2(8)1-10-5)12-6(9)11-3/h1H,(H2,9,11). The topological polar surface area (TPSA) is 51.8 Å². The predicted octanol–water partition coefficient (Wildman–Crippen LogP) is 2.07. The van der Waals surface area contributed by atoms with Crippen molar-refractivity contribution in [2.24, 2.45) is 0 Å². The van der Waals surface area contributed by atoms with E-state index in [4.69, 9.17) is 17.3 Å². The first-order valence-corrected chi connectivity index (χ1v) is 4.24. The van der Waals surface area contributed by atoms with Crippen molar-refractivity contribution in [1.82, 2.24) is 9.97 Å². The monoisotopic (exact) mass is 203 g/mol. The lowest BCUT2D eigenvalue weighted by Crippen LogP contribution is -1.82. The van der Waals surface area contributed by atoms with Crippen molar-refractivity contribution in [3.63, 3.8) is 0 Å². The van der Waals surface area contributed by atoms with Crippen LogP contribution in [-0.2, 0) is 0 Å². The van der Waals surface area contributed by atoms with E-state index in [-0.39, 0.29) is 5.15 Å². The number of anilines is 1. The highest BCUT2D eigenvalue weighted by atomic mass is 35.5. The second-order valence-electron chi connectivity index (χ2n) is 2.13. The van der Waals surface area contributed by atoms with E-state index in [1.54, 1.807) is 0 Å². The number of aromatic nitrogens is 2. The molecular weight excluding hydrogens is 201 g/mol. The molecule has 0 aromatic carbocycles. The van der Waals surface area contributed by atoms with Crippen molar-refractivity contribution in [2.45, 2.75) is 0 Å². The first-order valence-electron chi connectivity index (χ1n) is 3.04. The van der Waals surface area contributed by atoms with Gasteiger partial charge in [0.15, 0.2) is 16.1 Å². The van der Waals surface area contributed by atoms with E-state index in [1.165, 1.54) is 0 Å². The van der Waals surface area contributed by atoms with Gasteiger partial charge >= 0.3 is 0 Å². The molecule has 12 heavy (non-hydrogen) atoms. The largest absolute Gasteiger partial charge is 0.375 e. The average molecular weight is 204 g/mol. The van der Waals surface area contributed by atoms with Gasteiger partial charge in [-0.15, -0.1) is 0 Å². The smallest absolute Gasteiger partial charge is 0.181 e. The number of halogens is 2. The second-order valence-corrected chi connectivity index (χ2v) is 3.52. The Bertz CT molecular complexity index is 403. The molecule has 0 unspecified atom stereocenters. The molecule has 0 bridgehead atoms. The Morgan fingerprint density at radius 3 is 3.00 bits per heavy atom. The van der Waals surface area contributed by atoms with Crippen LogP contribution >= 0.6 is 22.9 Å². The minimum Gasteiger partial charge on any atom is -0.375 e. The van der Waals surface area contributed by atoms with Crippen LogP contribution < -0.4 is 5.73 Å². The van der Waals surface area contributed by atoms with Gasteiger partial charge in [-0.25, -0.2) is 14.4 Å². The number of nitrogen functional groups attached to an aromatic ring is 1. The normalized spacial score (nSPS) is 10.8. The average Bonchev–Trinajstić information content (AvgIpc) is 2.41. The fourth-order valence-electron chi connectivity index (χ4n) is 0.871. The van der Waals surface area contributed by atoms with Crippen molar-refractivity contribution in [1.29, 1.82) is 0 Å². The Kier molecular flexibility index (Phi) is 1.62. The van der Waals surface area contributed by atoms with Crippen molar-refractivity contribution in [3.05, 3.63) is 17.2 Å². The molecule has 3 nitrogen and oxygen atoms in total. The molecule has 2 rings (SSSR count). The number of thiazole rings is 1. The van der Waals surface area contributed by atoms with Crippen LogP contribution in [0.4, 0.5) is 9.52 Å². The number of rotatable bonds is 0. The van der Waals surface area contributed by atoms with E-state index in [1.807, 2.05) is 0 Å². The van der Waals surface area contributed by atoms with Gasteiger partial charge in [0, 0.05) is 0 Å². The Morgan fingerprint density at radius 2 is 2.33 bits per heavy atom. The van der Waals surface area contributed by atoms with E-state index in [9.17, 15) is 4.39 Å². The molecule has 2 aromatic rings. The summed E-state index contributed by atoms with van der Waals surface area (Å²) in [4.78, 5) is 7.43. The molecule has 0 radical (unpaired) electrons. The summed E-state index contributed by atoms with van der Waals surface area (Å²) in [6.45, 7) is 0. The molecule has 0 aliphatic heterocycles. The summed E-state index contributed by atoms with van der Waals surface area (Å²) in [6, 6.07) is 0. The van der Waals surface area contributed by atoms with Crippen molar-refractivity contribution < 1.29 is 4.39 Å². The molecule has 2 N–H and O–H groups in total. The number of hydrogen-bond donors (Lipinski definition) is 1. The van der Waals surface area contributed by atoms with Crippen LogP contribution in [0.2, 0.25) is 5.15 Å². The SMILES string of the molecule is Nc1nc2c(Cl)ncc(F)c2s1. The van der Waals surface area contributed by atoms with Crippen LogP contribution in [0.5, 0.6) is 0 Å². The summed E-state index contributed by atoms with van der Waals surface area (Å²) in [5.41, 5.74) is 5.72. The Labute approximate surface area is 76.0 Å². The fraction of sp³-hybridized carbons (Fsp3) is 0. The highest BCUT2D eigenvalue weighted by molar-refractivity contribution is 7.22. The fourth-order valence-corrected chi connectivity index (χ4v) is 1.85. The molecule has 0 atom stereocenters. The molecule has 0 saturated heterocycles. The lowest BCUT2D eigenvalue weighted by Gasteiger charge is -1.90. The summed E-state index contributed by atoms with van der Waals surface area (Å²) in [6.07, 6.45) is 1.06. The summed E-state index contributed by atoms with van der Waals surface area (Å²) < 4.78 is 13.3. The van der Waals surface area contributed by atoms with Gasteiger partial charge in [0.1, 0.15) is 5.52 Å². The van der Waals surface area contributed by atoms with Gasteiger partial charge in [-0.3, -0.25) is 0 Å². The van der Waals surface area contributed by atoms with E-state index >= 15 is 0 Å². The van der Waals surface area contributed by atoms with Crippen molar-refractivity contribution >= 4 is 38.3 Å². The quantitative estimate of drug-likeness (QED) is 0.667. The van der Waals surface area contributed by atoms with Crippen LogP contribution in [0.15, 0.2) is 6.20 Å². The van der Waals surface area contributed by atoms with Crippen LogP contribution in [0.25, 0.3) is 10.2 Å². The maximum Gasteiger partial charge on any atom is 0.181 e. The Balaban J connectivity index is 2.93. The van der Waals surface area contributed by atoms with E-state index in [2.05, 4.69) is 9.97 Å². The molecule has 6 heteroatoms. The number of pyridine rings is 1. The molecule has 2 aromatic heterocycles. The number of nitrogens with two attached hydrogens (primary N) is 1. The zero-order valence-corrected chi connectivity index (χ0v) is 7.29. The van der Waals surface area contributed by atoms with Crippen LogP contribution in [0.3, 0.4) is 0 Å². The zero-order chi connectivity index (χ0) is 8.72. The Morgan fingerprint density at radius 1 is 1.58 bits per heavy atom. The summed E-state index contributed by atoms with van der Waals surface area (Å²) in [7, 11) is 0. The highest BCUT2D eigenvalue weighted by Gasteiger charge is 2.10. The minimum absolute atomic E-state index is 0.180. The highest BCUT2D eigenvalue weighted by Crippen LogP contribution is 2.29. The molecule has 2 heterocycles. The van der Waals surface area contributed by atoms with Crippen molar-refractivity contribution in [2.75, 3.05) is 5.73 Å². The van der Waals surface area contributed by atoms with Gasteiger partial charge in [-0.05, 0) is 0 Å². The van der Waals surface area contributed by atoms with E-state index < -0.39 is 5.82 Å². The molecule has 0 amide bonds. The molecule has 0 aliphatic carbocycles. The van der Waals surface area contributed by atoms with E-state index in [0.29, 0.717) is 15.3 Å². The van der Waals surface area contributed by atoms with Gasteiger partial charge in [-0.2, -0.15) is 0 Å². The lowest BCUT2D eigenvalue weighted by atomic mass is 10.4. The van der Waals surface area contributed by atoms with Crippen molar-refractivity contribution in [3.8, 4) is 0 Å². The molecule has 62 valence electrons. The third-order valence-electron chi connectivity index (χ3n) is 1.35. The molecule has 0 spiro atoms. The number of fused-ring (bicyclic) bond motifs is 1.